The molecule has 1 aromatic rings. The van der Waals surface area contributed by atoms with Crippen molar-refractivity contribution in [2.75, 3.05) is 13.1 Å². The van der Waals surface area contributed by atoms with Crippen molar-refractivity contribution < 1.29 is 9.53 Å². The molecule has 1 aromatic carbocycles. The van der Waals surface area contributed by atoms with Crippen LogP contribution in [-0.2, 0) is 16.0 Å². The molecule has 1 heterocycles. The second-order valence-corrected chi connectivity index (χ2v) is 7.37. The van der Waals surface area contributed by atoms with Gasteiger partial charge < -0.3 is 15.8 Å². The molecule has 23 heavy (non-hydrogen) atoms. The Kier molecular flexibility index (Phi) is 8.59. The van der Waals surface area contributed by atoms with E-state index in [9.17, 15) is 4.79 Å². The number of carbonyl (C=O) groups is 1. The summed E-state index contributed by atoms with van der Waals surface area (Å²) in [6.07, 6.45) is 3.41. The first kappa shape index (κ1) is 19.9. The van der Waals surface area contributed by atoms with E-state index >= 15 is 0 Å². The summed E-state index contributed by atoms with van der Waals surface area (Å²) in [4.78, 5) is 9.60. The lowest BCUT2D eigenvalue weighted by molar-refractivity contribution is -0.138. The zero-order valence-electron chi connectivity index (χ0n) is 14.3. The topological polar surface area (TPSA) is 64.3 Å². The van der Waals surface area contributed by atoms with Crippen LogP contribution in [0.4, 0.5) is 0 Å². The van der Waals surface area contributed by atoms with Crippen LogP contribution in [0.2, 0.25) is 5.02 Å². The second-order valence-electron chi connectivity index (χ2n) is 6.93. The summed E-state index contributed by atoms with van der Waals surface area (Å²) in [6, 6.07) is 8.24. The molecule has 4 nitrogen and oxygen atoms in total. The number of hydrogen-bond acceptors (Lipinski definition) is 4. The number of nitrogens with one attached hydrogen (secondary N) is 1. The Balaban J connectivity index is 0.000000322. The lowest BCUT2D eigenvalue weighted by atomic mass is 9.88. The van der Waals surface area contributed by atoms with Gasteiger partial charge in [0.1, 0.15) is 5.60 Å². The van der Waals surface area contributed by atoms with E-state index in [-0.39, 0.29) is 11.6 Å². The molecule has 2 unspecified atom stereocenters. The maximum Gasteiger partial charge on any atom is 0.293 e. The van der Waals surface area contributed by atoms with Crippen molar-refractivity contribution in [3.05, 3.63) is 34.9 Å². The number of carbonyl (C=O) groups excluding carboxylic acids is 1. The zero-order chi connectivity index (χ0) is 17.3. The van der Waals surface area contributed by atoms with Gasteiger partial charge in [-0.15, -0.1) is 0 Å². The number of halogens is 1. The van der Waals surface area contributed by atoms with Crippen molar-refractivity contribution in [3.8, 4) is 0 Å². The molecule has 2 atom stereocenters. The smallest absolute Gasteiger partial charge is 0.293 e. The molecule has 3 N–H and O–H groups in total. The standard InChI is InChI=1S/C13H19ClN2.C5H10O2/c14-12-5-1-3-10(7-12)8-13(15)11-4-2-6-16-9-11;1-5(2,3)7-4-6/h1,3,5,7,11,13,16H,2,4,6,8-9,15H2;4H,1-3H3. The molecule has 2 rings (SSSR count). The van der Waals surface area contributed by atoms with E-state index in [4.69, 9.17) is 17.3 Å². The van der Waals surface area contributed by atoms with Gasteiger partial charge in [-0.05, 0) is 76.7 Å². The number of hydrogen-bond donors (Lipinski definition) is 2. The minimum Gasteiger partial charge on any atom is -0.462 e. The summed E-state index contributed by atoms with van der Waals surface area (Å²) in [5.41, 5.74) is 7.17. The minimum atomic E-state index is -0.318. The summed E-state index contributed by atoms with van der Waals surface area (Å²) < 4.78 is 4.55. The highest BCUT2D eigenvalue weighted by atomic mass is 35.5. The molecular weight excluding hydrogens is 312 g/mol. The van der Waals surface area contributed by atoms with E-state index in [0.29, 0.717) is 12.4 Å². The number of benzene rings is 1. The number of nitrogens with two attached hydrogens (primary N) is 1. The van der Waals surface area contributed by atoms with Crippen LogP contribution in [0.25, 0.3) is 0 Å². The highest BCUT2D eigenvalue weighted by Crippen LogP contribution is 2.18. The first-order chi connectivity index (χ1) is 10.8. The van der Waals surface area contributed by atoms with Crippen molar-refractivity contribution >= 4 is 18.1 Å². The Morgan fingerprint density at radius 1 is 1.48 bits per heavy atom. The van der Waals surface area contributed by atoms with Crippen LogP contribution in [0.1, 0.15) is 39.2 Å². The Morgan fingerprint density at radius 3 is 2.70 bits per heavy atom. The molecule has 1 fully saturated rings. The molecule has 0 radical (unpaired) electrons. The Morgan fingerprint density at radius 2 is 2.22 bits per heavy atom. The largest absolute Gasteiger partial charge is 0.462 e. The first-order valence-corrected chi connectivity index (χ1v) is 8.52. The Labute approximate surface area is 144 Å². The molecule has 0 bridgehead atoms. The maximum atomic E-state index is 9.60. The molecule has 1 aliphatic rings. The summed E-state index contributed by atoms with van der Waals surface area (Å²) in [6.45, 7) is 8.12. The van der Waals surface area contributed by atoms with Crippen LogP contribution in [-0.4, -0.2) is 31.2 Å². The molecule has 0 amide bonds. The summed E-state index contributed by atoms with van der Waals surface area (Å²) >= 11 is 5.96. The van der Waals surface area contributed by atoms with Gasteiger partial charge in [-0.25, -0.2) is 0 Å². The third-order valence-corrected chi connectivity index (χ3v) is 3.94. The molecule has 0 aromatic heterocycles. The quantitative estimate of drug-likeness (QED) is 0.826. The molecule has 1 aliphatic heterocycles. The number of piperidine rings is 1. The van der Waals surface area contributed by atoms with Gasteiger partial charge in [0.15, 0.2) is 0 Å². The molecule has 0 saturated carbocycles. The molecule has 1 saturated heterocycles. The highest BCUT2D eigenvalue weighted by molar-refractivity contribution is 6.30. The maximum absolute atomic E-state index is 9.60. The average Bonchev–Trinajstić information content (AvgIpc) is 2.47. The molecule has 130 valence electrons. The van der Waals surface area contributed by atoms with Gasteiger partial charge in [-0.3, -0.25) is 4.79 Å². The molecular formula is C18H29ClN2O2. The predicted molar refractivity (Wildman–Crippen MR) is 95.6 cm³/mol. The zero-order valence-corrected chi connectivity index (χ0v) is 15.1. The van der Waals surface area contributed by atoms with E-state index in [0.717, 1.165) is 24.5 Å². The van der Waals surface area contributed by atoms with Gasteiger partial charge in [0.2, 0.25) is 0 Å². The van der Waals surface area contributed by atoms with Crippen molar-refractivity contribution in [1.82, 2.24) is 5.32 Å². The van der Waals surface area contributed by atoms with Crippen LogP contribution in [0.5, 0.6) is 0 Å². The van der Waals surface area contributed by atoms with Crippen LogP contribution < -0.4 is 11.1 Å². The third kappa shape index (κ3) is 8.94. The summed E-state index contributed by atoms with van der Waals surface area (Å²) in [5, 5.41) is 4.20. The second kappa shape index (κ2) is 9.91. The fraction of sp³-hybridized carbons (Fsp3) is 0.611. The van der Waals surface area contributed by atoms with Gasteiger partial charge in [0, 0.05) is 11.1 Å². The van der Waals surface area contributed by atoms with Crippen molar-refractivity contribution in [2.45, 2.75) is 51.7 Å². The van der Waals surface area contributed by atoms with Gasteiger partial charge in [0.25, 0.3) is 6.47 Å². The molecule has 5 heteroatoms. The fourth-order valence-corrected chi connectivity index (χ4v) is 2.70. The van der Waals surface area contributed by atoms with Gasteiger partial charge in [-0.1, -0.05) is 23.7 Å². The molecule has 0 aliphatic carbocycles. The van der Waals surface area contributed by atoms with E-state index in [1.807, 2.05) is 39.0 Å². The van der Waals surface area contributed by atoms with Crippen LogP contribution in [0.15, 0.2) is 24.3 Å². The van der Waals surface area contributed by atoms with Crippen LogP contribution >= 0.6 is 11.6 Å². The Bertz CT molecular complexity index is 468. The predicted octanol–water partition coefficient (Wildman–Crippen LogP) is 3.17. The highest BCUT2D eigenvalue weighted by Gasteiger charge is 2.20. The van der Waals surface area contributed by atoms with Crippen molar-refractivity contribution in [2.24, 2.45) is 11.7 Å². The lowest BCUT2D eigenvalue weighted by Gasteiger charge is -2.28. The van der Waals surface area contributed by atoms with Gasteiger partial charge in [0.05, 0.1) is 0 Å². The first-order valence-electron chi connectivity index (χ1n) is 8.14. The van der Waals surface area contributed by atoms with E-state index in [1.165, 1.54) is 18.4 Å². The summed E-state index contributed by atoms with van der Waals surface area (Å²) in [5.74, 6) is 0.604. The minimum absolute atomic E-state index is 0.242. The van der Waals surface area contributed by atoms with E-state index in [2.05, 4.69) is 16.1 Å². The Hall–Kier alpha value is -1.10. The number of rotatable bonds is 4. The normalized spacial score (nSPS) is 19.3. The van der Waals surface area contributed by atoms with Crippen LogP contribution in [0.3, 0.4) is 0 Å². The van der Waals surface area contributed by atoms with Crippen molar-refractivity contribution in [1.29, 1.82) is 0 Å². The van der Waals surface area contributed by atoms with Gasteiger partial charge in [-0.2, -0.15) is 0 Å². The van der Waals surface area contributed by atoms with E-state index < -0.39 is 0 Å². The SMILES string of the molecule is CC(C)(C)OC=O.NC(Cc1cccc(Cl)c1)C1CCCNC1. The summed E-state index contributed by atoms with van der Waals surface area (Å²) in [7, 11) is 0. The number of ether oxygens (including phenoxy) is 1. The average molecular weight is 341 g/mol. The van der Waals surface area contributed by atoms with Gasteiger partial charge >= 0.3 is 0 Å². The van der Waals surface area contributed by atoms with Crippen molar-refractivity contribution in [3.63, 3.8) is 0 Å². The fourth-order valence-electron chi connectivity index (χ4n) is 2.49. The van der Waals surface area contributed by atoms with E-state index in [1.54, 1.807) is 0 Å². The third-order valence-electron chi connectivity index (χ3n) is 3.70. The molecule has 0 spiro atoms. The lowest BCUT2D eigenvalue weighted by Crippen LogP contribution is -2.42. The van der Waals surface area contributed by atoms with Crippen LogP contribution in [0, 0.1) is 5.92 Å². The monoisotopic (exact) mass is 340 g/mol.